The minimum Gasteiger partial charge on any atom is -0.495 e. The van der Waals surface area contributed by atoms with Gasteiger partial charge in [-0.3, -0.25) is 44.3 Å². The predicted octanol–water partition coefficient (Wildman–Crippen LogP) is 5.80. The number of aliphatic hydroxyl groups is 1. The number of esters is 1. The number of thioether (sulfide) groups is 2. The number of ether oxygens (including phenoxy) is 9. The molecule has 2 aromatic carbocycles. The van der Waals surface area contributed by atoms with Gasteiger partial charge in [0.05, 0.1) is 48.0 Å². The van der Waals surface area contributed by atoms with Crippen molar-refractivity contribution >= 4 is 99.7 Å². The van der Waals surface area contributed by atoms with Crippen molar-refractivity contribution in [1.29, 1.82) is 0 Å². The molecule has 4 aliphatic heterocycles. The standard InChI is InChI=1S/C63H82ClN7O20S2/c1-36-13-11-15-49(84-9)63(82)32-47(89-59(79)67-63)37(2)54-62(4,91-54)50(30-42(72)29-41-26-40(25-36)28-46(83-8)53(41)64)90-57(77)38(3)70(7)51(73)18-24-93-61(81)69(6)22-21-68(5)60(80)87-33-39-16-17-45(66-58(78)88-43-14-12-23-85-35-86-34-43)44(27-39)55(75)65-19-20-71-52(74)31-48(92-10)56(71)76/h11-17,26-28,37-38,43,47-50,54,82H,18-25,29-35H2,1-10H3,(H,65,75)(H,66,78)(H,67,79)/b14-12+,15-11+,36-13+/t37-,38+,43?,47+,48?,49-,50+,54+,62+,63+/m1/s1. The number of anilines is 1. The molecule has 93 heavy (non-hydrogen) atoms. The fourth-order valence-corrected chi connectivity index (χ4v) is 12.5. The lowest BCUT2D eigenvalue weighted by atomic mass is 9.83. The maximum absolute atomic E-state index is 14.2. The van der Waals surface area contributed by atoms with Crippen molar-refractivity contribution in [3.63, 3.8) is 0 Å². The van der Waals surface area contributed by atoms with Gasteiger partial charge in [-0.25, -0.2) is 19.2 Å². The van der Waals surface area contributed by atoms with E-state index in [0.29, 0.717) is 23.3 Å². The molecule has 3 fully saturated rings. The Bertz CT molecular complexity index is 3230. The number of hydrogen-bond acceptors (Lipinski definition) is 22. The molecule has 4 N–H and O–H groups in total. The number of likely N-dealkylation sites (tertiary alicyclic amines) is 1. The van der Waals surface area contributed by atoms with Gasteiger partial charge in [-0.2, -0.15) is 11.8 Å². The highest BCUT2D eigenvalue weighted by atomic mass is 35.5. The number of nitrogens with one attached hydrogen (secondary N) is 3. The number of imide groups is 1. The van der Waals surface area contributed by atoms with Crippen molar-refractivity contribution in [1.82, 2.24) is 30.2 Å². The van der Waals surface area contributed by atoms with Gasteiger partial charge in [0.15, 0.2) is 5.72 Å². The van der Waals surface area contributed by atoms with Gasteiger partial charge in [0.2, 0.25) is 17.7 Å². The molecule has 0 radical (unpaired) electrons. The van der Waals surface area contributed by atoms with Crippen LogP contribution in [0.25, 0.3) is 0 Å². The summed E-state index contributed by atoms with van der Waals surface area (Å²) in [5, 5.41) is 19.0. The smallest absolute Gasteiger partial charge is 0.412 e. The molecule has 0 aromatic heterocycles. The Morgan fingerprint density at radius 2 is 1.73 bits per heavy atom. The Labute approximate surface area is 553 Å². The molecule has 0 saturated carbocycles. The second-order valence-electron chi connectivity index (χ2n) is 23.4. The van der Waals surface area contributed by atoms with Crippen LogP contribution in [-0.4, -0.2) is 230 Å². The molecule has 2 unspecified atom stereocenters. The zero-order valence-electron chi connectivity index (χ0n) is 53.7. The maximum atomic E-state index is 14.2. The second kappa shape index (κ2) is 33.2. The van der Waals surface area contributed by atoms with Crippen LogP contribution >= 0.6 is 35.1 Å². The topological polar surface area (TPSA) is 326 Å². The zero-order valence-corrected chi connectivity index (χ0v) is 56.1. The summed E-state index contributed by atoms with van der Waals surface area (Å²) in [6.07, 6.45) is 2.68. The highest BCUT2D eigenvalue weighted by Gasteiger charge is 2.64. The van der Waals surface area contributed by atoms with Gasteiger partial charge in [-0.05, 0) is 74.4 Å². The van der Waals surface area contributed by atoms with Gasteiger partial charge in [-0.1, -0.05) is 72.3 Å². The van der Waals surface area contributed by atoms with E-state index in [0.717, 1.165) is 27.8 Å². The van der Waals surface area contributed by atoms with E-state index in [1.165, 1.54) is 86.9 Å². The monoisotopic (exact) mass is 1360 g/mol. The number of carbonyl (C=O) groups is 10. The number of methoxy groups -OCH3 is 2. The van der Waals surface area contributed by atoms with Crippen molar-refractivity contribution in [2.75, 3.05) is 98.9 Å². The van der Waals surface area contributed by atoms with Gasteiger partial charge >= 0.3 is 24.2 Å². The third-order valence-electron chi connectivity index (χ3n) is 16.6. The van der Waals surface area contributed by atoms with E-state index < -0.39 is 100 Å². The molecule has 27 nitrogen and oxygen atoms in total. The number of likely N-dealkylation sites (N-methyl/N-ethyl adjacent to an activating group) is 3. The third kappa shape index (κ3) is 19.4. The summed E-state index contributed by atoms with van der Waals surface area (Å²) in [5.41, 5.74) is -0.684. The summed E-state index contributed by atoms with van der Waals surface area (Å²) in [5.74, 6) is -3.32. The number of fused-ring (bicyclic) bond motifs is 5. The van der Waals surface area contributed by atoms with E-state index in [1.807, 2.05) is 13.0 Å². The van der Waals surface area contributed by atoms with Crippen LogP contribution < -0.4 is 20.7 Å². The average Bonchev–Trinajstić information content (AvgIpc) is 1.58. The number of allylic oxidation sites excluding steroid dienone is 3. The van der Waals surface area contributed by atoms with Crippen LogP contribution in [0.15, 0.2) is 66.3 Å². The van der Waals surface area contributed by atoms with Crippen LogP contribution in [0.2, 0.25) is 5.02 Å². The normalized spacial score (nSPS) is 26.4. The Morgan fingerprint density at radius 1 is 0.978 bits per heavy atom. The molecule has 1 aliphatic carbocycles. The first kappa shape index (κ1) is 73.2. The minimum absolute atomic E-state index is 0.00540. The molecule has 5 aliphatic rings. The number of benzene rings is 2. The quantitative estimate of drug-likeness (QED) is 0.0400. The number of alkyl carbamates (subject to hydrolysis) is 1. The number of Topliss-reactive ketones (excluding diaryl/α,β-unsaturated/α-hetero) is 1. The molecule has 508 valence electrons. The highest BCUT2D eigenvalue weighted by Crippen LogP contribution is 2.49. The first-order valence-electron chi connectivity index (χ1n) is 30.1. The van der Waals surface area contributed by atoms with Gasteiger partial charge in [0, 0.05) is 98.2 Å². The second-order valence-corrected chi connectivity index (χ2v) is 25.8. The lowest BCUT2D eigenvalue weighted by molar-refractivity contribution is -0.162. The molecule has 4 bridgehead atoms. The van der Waals surface area contributed by atoms with E-state index in [1.54, 1.807) is 56.5 Å². The maximum Gasteiger partial charge on any atom is 0.412 e. The molecule has 4 heterocycles. The average molecular weight is 1360 g/mol. The molecule has 0 spiro atoms. The van der Waals surface area contributed by atoms with E-state index in [4.69, 9.17) is 54.2 Å². The number of epoxide rings is 1. The number of ketones is 1. The number of amides is 8. The summed E-state index contributed by atoms with van der Waals surface area (Å²) < 4.78 is 51.0. The van der Waals surface area contributed by atoms with E-state index in [2.05, 4.69) is 16.0 Å². The summed E-state index contributed by atoms with van der Waals surface area (Å²) in [4.78, 5) is 138. The van der Waals surface area contributed by atoms with E-state index >= 15 is 0 Å². The van der Waals surface area contributed by atoms with Gasteiger partial charge in [0.1, 0.15) is 61.0 Å². The van der Waals surface area contributed by atoms with Crippen LogP contribution in [0.3, 0.4) is 0 Å². The zero-order chi connectivity index (χ0) is 67.9. The minimum atomic E-state index is -1.90. The van der Waals surface area contributed by atoms with Gasteiger partial charge in [0.25, 0.3) is 11.1 Å². The van der Waals surface area contributed by atoms with Crippen LogP contribution in [-0.2, 0) is 81.3 Å². The fraction of sp³-hybridized carbons (Fsp3) is 0.556. The first-order valence-corrected chi connectivity index (χ1v) is 32.8. The van der Waals surface area contributed by atoms with Crippen molar-refractivity contribution in [3.8, 4) is 5.75 Å². The fourth-order valence-electron chi connectivity index (χ4n) is 10.9. The summed E-state index contributed by atoms with van der Waals surface area (Å²) in [6.45, 7) is 6.67. The molecule has 10 atom stereocenters. The number of nitrogens with zero attached hydrogens (tertiary/aromatic N) is 4. The van der Waals surface area contributed by atoms with Crippen molar-refractivity contribution in [3.05, 3.63) is 93.6 Å². The van der Waals surface area contributed by atoms with Crippen LogP contribution in [0, 0.1) is 5.92 Å². The largest absolute Gasteiger partial charge is 0.495 e. The Hall–Kier alpha value is -7.25. The number of carbonyl (C=O) groups excluding carboxylic acids is 10. The van der Waals surface area contributed by atoms with Crippen molar-refractivity contribution in [2.24, 2.45) is 5.92 Å². The van der Waals surface area contributed by atoms with E-state index in [-0.39, 0.29) is 125 Å². The lowest BCUT2D eigenvalue weighted by Gasteiger charge is -2.42. The molecule has 30 heteroatoms. The number of halogens is 1. The Kier molecular flexibility index (Phi) is 26.1. The first-order chi connectivity index (χ1) is 44.2. The number of hydrogen-bond donors (Lipinski definition) is 4. The summed E-state index contributed by atoms with van der Waals surface area (Å²) in [7, 11) is 7.26. The Morgan fingerprint density at radius 3 is 2.45 bits per heavy atom. The third-order valence-corrected chi connectivity index (χ3v) is 18.9. The van der Waals surface area contributed by atoms with Crippen LogP contribution in [0.4, 0.5) is 24.9 Å². The molecule has 3 saturated heterocycles. The molecular formula is C63H82ClN7O20S2. The molecular weight excluding hydrogens is 1270 g/mol. The summed E-state index contributed by atoms with van der Waals surface area (Å²) in [6, 6.07) is 6.75. The Balaban J connectivity index is 0.919. The van der Waals surface area contributed by atoms with Gasteiger partial charge in [-0.15, -0.1) is 0 Å². The summed E-state index contributed by atoms with van der Waals surface area (Å²) >= 11 is 8.90. The highest BCUT2D eigenvalue weighted by molar-refractivity contribution is 8.13. The lowest BCUT2D eigenvalue weighted by Crippen LogP contribution is -2.63. The van der Waals surface area contributed by atoms with E-state index in [9.17, 15) is 53.1 Å². The van der Waals surface area contributed by atoms with Crippen molar-refractivity contribution < 1.29 is 95.7 Å². The van der Waals surface area contributed by atoms with Crippen molar-refractivity contribution in [2.45, 2.75) is 126 Å². The molecule has 7 rings (SSSR count). The predicted molar refractivity (Wildman–Crippen MR) is 341 cm³/mol. The van der Waals surface area contributed by atoms with Crippen LogP contribution in [0.1, 0.15) is 80.4 Å². The molecule has 2 aromatic rings. The van der Waals surface area contributed by atoms with Crippen LogP contribution in [0.5, 0.6) is 5.75 Å². The number of rotatable bonds is 20. The van der Waals surface area contributed by atoms with Gasteiger partial charge < -0.3 is 67.8 Å². The molecule has 8 amide bonds. The SMILES string of the molecule is COc1cc2cc(c1Cl)CC(=O)C[C@H](OC(=O)[C@H](C)N(C)C(=O)CCSC(=O)N(C)CCN(C)C(=O)OCc1ccc(NC(=O)OC3/C=C/COCOC3)c(C(=O)NCCN3C(=O)CC(SC)C3=O)c1)[C@]1(C)O[C@H]1[C@H](C)[C@@H]1C[C@@](O)(NC(=O)O1)[C@H](OC)/C=C/C=C(\C)C2.